The van der Waals surface area contributed by atoms with Crippen LogP contribution in [0.3, 0.4) is 0 Å². The molecule has 2 fully saturated rings. The van der Waals surface area contributed by atoms with Crippen molar-refractivity contribution >= 4 is 17.5 Å². The first kappa shape index (κ1) is 14.7. The molecule has 0 aliphatic heterocycles. The lowest BCUT2D eigenvalue weighted by atomic mass is 9.95. The number of nitrogens with one attached hydrogen (secondary N) is 1. The van der Waals surface area contributed by atoms with Gasteiger partial charge in [0.05, 0.1) is 5.02 Å². The van der Waals surface area contributed by atoms with Gasteiger partial charge in [-0.2, -0.15) is 0 Å². The maximum atomic E-state index is 12.4. The molecule has 3 rings (SSSR count). The van der Waals surface area contributed by atoms with Crippen molar-refractivity contribution in [2.45, 2.75) is 51.2 Å². The zero-order valence-electron chi connectivity index (χ0n) is 12.3. The van der Waals surface area contributed by atoms with Crippen molar-refractivity contribution in [2.24, 2.45) is 11.8 Å². The normalized spacial score (nSPS) is 28.4. The Morgan fingerprint density at radius 2 is 2.19 bits per heavy atom. The smallest absolute Gasteiger partial charge is 0.261 e. The lowest BCUT2D eigenvalue weighted by molar-refractivity contribution is -0.129. The number of fused-ring (bicyclic) bond motifs is 2. The molecule has 4 atom stereocenters. The lowest BCUT2D eigenvalue weighted by Gasteiger charge is -2.25. The molecular formula is C17H22ClNO2. The molecule has 1 aromatic rings. The number of rotatable bonds is 5. The molecule has 0 aromatic heterocycles. The van der Waals surface area contributed by atoms with E-state index in [0.29, 0.717) is 29.2 Å². The van der Waals surface area contributed by atoms with Crippen molar-refractivity contribution in [1.29, 1.82) is 0 Å². The van der Waals surface area contributed by atoms with Crippen molar-refractivity contribution < 1.29 is 9.53 Å². The van der Waals surface area contributed by atoms with E-state index in [1.165, 1.54) is 19.3 Å². The number of amides is 1. The molecule has 2 bridgehead atoms. The largest absolute Gasteiger partial charge is 0.479 e. The van der Waals surface area contributed by atoms with Crippen LogP contribution in [0.1, 0.15) is 39.0 Å². The molecule has 0 heterocycles. The van der Waals surface area contributed by atoms with E-state index in [4.69, 9.17) is 16.3 Å². The SMILES string of the molecule is CC[C@H](Oc1ccccc1Cl)C(=O)N[C@H]1C[C@@H]2CC[C@@H]1C2. The van der Waals surface area contributed by atoms with E-state index in [1.54, 1.807) is 12.1 Å². The van der Waals surface area contributed by atoms with Gasteiger partial charge in [0.25, 0.3) is 5.91 Å². The van der Waals surface area contributed by atoms with E-state index in [2.05, 4.69) is 5.32 Å². The number of hydrogen-bond donors (Lipinski definition) is 1. The molecule has 0 radical (unpaired) electrons. The first-order valence-electron chi connectivity index (χ1n) is 7.89. The van der Waals surface area contributed by atoms with Crippen LogP contribution in [-0.2, 0) is 4.79 Å². The average molecular weight is 308 g/mol. The van der Waals surface area contributed by atoms with Gasteiger partial charge >= 0.3 is 0 Å². The second kappa shape index (κ2) is 6.27. The third-order valence-electron chi connectivity index (χ3n) is 4.83. The minimum absolute atomic E-state index is 0.00466. The van der Waals surface area contributed by atoms with Crippen molar-refractivity contribution in [3.05, 3.63) is 29.3 Å². The summed E-state index contributed by atoms with van der Waals surface area (Å²) in [5.74, 6) is 2.07. The number of para-hydroxylation sites is 1. The fourth-order valence-electron chi connectivity index (χ4n) is 3.71. The van der Waals surface area contributed by atoms with Gasteiger partial charge in [-0.15, -0.1) is 0 Å². The summed E-state index contributed by atoms with van der Waals surface area (Å²) in [4.78, 5) is 12.4. The van der Waals surface area contributed by atoms with Crippen LogP contribution in [0, 0.1) is 11.8 Å². The summed E-state index contributed by atoms with van der Waals surface area (Å²) in [6.45, 7) is 1.96. The van der Waals surface area contributed by atoms with Crippen LogP contribution in [0.4, 0.5) is 0 Å². The van der Waals surface area contributed by atoms with Gasteiger partial charge in [0.15, 0.2) is 6.10 Å². The van der Waals surface area contributed by atoms with Gasteiger partial charge in [0.2, 0.25) is 0 Å². The minimum atomic E-state index is -0.468. The molecule has 1 N–H and O–H groups in total. The van der Waals surface area contributed by atoms with Crippen LogP contribution in [0.2, 0.25) is 5.02 Å². The van der Waals surface area contributed by atoms with E-state index in [0.717, 1.165) is 12.3 Å². The van der Waals surface area contributed by atoms with Gasteiger partial charge in [-0.3, -0.25) is 4.79 Å². The van der Waals surface area contributed by atoms with Gasteiger partial charge in [-0.25, -0.2) is 0 Å². The van der Waals surface area contributed by atoms with Crippen LogP contribution in [0.5, 0.6) is 5.75 Å². The van der Waals surface area contributed by atoms with Crippen LogP contribution < -0.4 is 10.1 Å². The number of halogens is 1. The Morgan fingerprint density at radius 3 is 2.81 bits per heavy atom. The number of ether oxygens (including phenoxy) is 1. The highest BCUT2D eigenvalue weighted by atomic mass is 35.5. The molecule has 2 aliphatic rings. The Morgan fingerprint density at radius 1 is 1.38 bits per heavy atom. The highest BCUT2D eigenvalue weighted by Gasteiger charge is 2.40. The molecule has 3 nitrogen and oxygen atoms in total. The summed E-state index contributed by atoms with van der Waals surface area (Å²) in [5, 5.41) is 3.74. The number of benzene rings is 1. The summed E-state index contributed by atoms with van der Waals surface area (Å²) < 4.78 is 5.80. The zero-order chi connectivity index (χ0) is 14.8. The molecule has 2 saturated carbocycles. The van der Waals surface area contributed by atoms with Crippen LogP contribution in [0.15, 0.2) is 24.3 Å². The maximum Gasteiger partial charge on any atom is 0.261 e. The van der Waals surface area contributed by atoms with Gasteiger partial charge in [-0.1, -0.05) is 37.1 Å². The molecule has 114 valence electrons. The van der Waals surface area contributed by atoms with E-state index in [9.17, 15) is 4.79 Å². The molecule has 1 aromatic carbocycles. The molecule has 0 saturated heterocycles. The standard InChI is InChI=1S/C17H22ClNO2/c1-2-15(21-16-6-4-3-5-13(16)18)17(20)19-14-10-11-7-8-12(14)9-11/h3-6,11-12,14-15H,2,7-10H2,1H3,(H,19,20)/t11-,12-,14+,15+/m1/s1. The summed E-state index contributed by atoms with van der Waals surface area (Å²) in [6.07, 6.45) is 5.19. The van der Waals surface area contributed by atoms with Gasteiger partial charge in [0, 0.05) is 6.04 Å². The first-order valence-corrected chi connectivity index (χ1v) is 8.26. The Labute approximate surface area is 131 Å². The van der Waals surface area contributed by atoms with Crippen molar-refractivity contribution in [3.63, 3.8) is 0 Å². The second-order valence-electron chi connectivity index (χ2n) is 6.24. The Balaban J connectivity index is 1.60. The van der Waals surface area contributed by atoms with E-state index in [1.807, 2.05) is 19.1 Å². The van der Waals surface area contributed by atoms with E-state index < -0.39 is 6.10 Å². The van der Waals surface area contributed by atoms with Gasteiger partial charge in [0.1, 0.15) is 5.75 Å². The summed E-state index contributed by atoms with van der Waals surface area (Å²) in [5.41, 5.74) is 0. The topological polar surface area (TPSA) is 38.3 Å². The fraction of sp³-hybridized carbons (Fsp3) is 0.588. The Bertz CT molecular complexity index is 519. The van der Waals surface area contributed by atoms with E-state index >= 15 is 0 Å². The highest BCUT2D eigenvalue weighted by Crippen LogP contribution is 2.44. The predicted molar refractivity (Wildman–Crippen MR) is 83.5 cm³/mol. The van der Waals surface area contributed by atoms with Gasteiger partial charge in [-0.05, 0) is 49.7 Å². The Kier molecular flexibility index (Phi) is 4.39. The zero-order valence-corrected chi connectivity index (χ0v) is 13.1. The number of hydrogen-bond acceptors (Lipinski definition) is 2. The summed E-state index contributed by atoms with van der Waals surface area (Å²) in [6, 6.07) is 7.64. The van der Waals surface area contributed by atoms with Crippen molar-refractivity contribution in [2.75, 3.05) is 0 Å². The molecule has 1 amide bonds. The molecule has 21 heavy (non-hydrogen) atoms. The molecular weight excluding hydrogens is 286 g/mol. The Hall–Kier alpha value is -1.22. The average Bonchev–Trinajstić information content (AvgIpc) is 3.09. The van der Waals surface area contributed by atoms with Crippen molar-refractivity contribution in [3.8, 4) is 5.75 Å². The number of carbonyl (C=O) groups excluding carboxylic acids is 1. The van der Waals surface area contributed by atoms with E-state index in [-0.39, 0.29) is 5.91 Å². The number of carbonyl (C=O) groups is 1. The second-order valence-corrected chi connectivity index (χ2v) is 6.64. The third-order valence-corrected chi connectivity index (χ3v) is 5.15. The predicted octanol–water partition coefficient (Wildman–Crippen LogP) is 3.80. The van der Waals surface area contributed by atoms with Gasteiger partial charge < -0.3 is 10.1 Å². The fourth-order valence-corrected chi connectivity index (χ4v) is 3.89. The van der Waals surface area contributed by atoms with Crippen LogP contribution >= 0.6 is 11.6 Å². The van der Waals surface area contributed by atoms with Crippen LogP contribution in [-0.4, -0.2) is 18.1 Å². The molecule has 4 heteroatoms. The summed E-state index contributed by atoms with van der Waals surface area (Å²) in [7, 11) is 0. The minimum Gasteiger partial charge on any atom is -0.479 e. The summed E-state index contributed by atoms with van der Waals surface area (Å²) >= 11 is 6.09. The monoisotopic (exact) mass is 307 g/mol. The molecule has 0 unspecified atom stereocenters. The first-order chi connectivity index (χ1) is 10.2. The van der Waals surface area contributed by atoms with Crippen LogP contribution in [0.25, 0.3) is 0 Å². The lowest BCUT2D eigenvalue weighted by Crippen LogP contribution is -2.45. The van der Waals surface area contributed by atoms with Crippen molar-refractivity contribution in [1.82, 2.24) is 5.32 Å². The molecule has 2 aliphatic carbocycles. The third kappa shape index (κ3) is 3.18. The highest BCUT2D eigenvalue weighted by molar-refractivity contribution is 6.32. The quantitative estimate of drug-likeness (QED) is 0.898. The molecule has 0 spiro atoms. The maximum absolute atomic E-state index is 12.4.